The quantitative estimate of drug-likeness (QED) is 0.654. The summed E-state index contributed by atoms with van der Waals surface area (Å²) in [5, 5.41) is 8.59. The SMILES string of the molecule is N#CCC1CN(C2CCS(=O)(=O)C2)C(=O)CO1. The van der Waals surface area contributed by atoms with Crippen molar-refractivity contribution >= 4 is 15.7 Å². The molecule has 2 unspecified atom stereocenters. The number of hydrogen-bond donors (Lipinski definition) is 0. The summed E-state index contributed by atoms with van der Waals surface area (Å²) in [6, 6.07) is 1.76. The molecule has 2 saturated heterocycles. The van der Waals surface area contributed by atoms with E-state index in [-0.39, 0.29) is 42.6 Å². The Hall–Kier alpha value is -1.13. The number of amides is 1. The molecule has 0 bridgehead atoms. The van der Waals surface area contributed by atoms with Gasteiger partial charge in [-0.15, -0.1) is 0 Å². The Morgan fingerprint density at radius 2 is 2.29 bits per heavy atom. The molecule has 2 heterocycles. The van der Waals surface area contributed by atoms with Crippen LogP contribution in [0.4, 0.5) is 0 Å². The van der Waals surface area contributed by atoms with Crippen LogP contribution in [0, 0.1) is 11.3 Å². The van der Waals surface area contributed by atoms with Crippen LogP contribution >= 0.6 is 0 Å². The average molecular weight is 258 g/mol. The summed E-state index contributed by atoms with van der Waals surface area (Å²) in [5.41, 5.74) is 0. The molecular formula is C10H14N2O4S. The van der Waals surface area contributed by atoms with E-state index >= 15 is 0 Å². The van der Waals surface area contributed by atoms with E-state index in [1.54, 1.807) is 4.90 Å². The maximum Gasteiger partial charge on any atom is 0.248 e. The highest BCUT2D eigenvalue weighted by molar-refractivity contribution is 7.91. The number of ether oxygens (including phenoxy) is 1. The Morgan fingerprint density at radius 3 is 2.88 bits per heavy atom. The van der Waals surface area contributed by atoms with Crippen molar-refractivity contribution in [2.75, 3.05) is 24.7 Å². The third kappa shape index (κ3) is 2.76. The number of sulfone groups is 1. The molecule has 0 aromatic carbocycles. The van der Waals surface area contributed by atoms with Gasteiger partial charge in [0.2, 0.25) is 5.91 Å². The van der Waals surface area contributed by atoms with Gasteiger partial charge in [-0.2, -0.15) is 5.26 Å². The normalized spacial score (nSPS) is 32.4. The van der Waals surface area contributed by atoms with Gasteiger partial charge in [0.1, 0.15) is 6.61 Å². The lowest BCUT2D eigenvalue weighted by molar-refractivity contribution is -0.151. The zero-order valence-electron chi connectivity index (χ0n) is 9.33. The molecule has 2 atom stereocenters. The second-order valence-corrected chi connectivity index (χ2v) is 6.63. The van der Waals surface area contributed by atoms with Gasteiger partial charge in [-0.25, -0.2) is 8.42 Å². The van der Waals surface area contributed by atoms with Crippen LogP contribution in [-0.4, -0.2) is 56.0 Å². The molecule has 0 saturated carbocycles. The lowest BCUT2D eigenvalue weighted by Gasteiger charge is -2.35. The number of carbonyl (C=O) groups is 1. The zero-order valence-corrected chi connectivity index (χ0v) is 10.1. The summed E-state index contributed by atoms with van der Waals surface area (Å²) >= 11 is 0. The number of morpholine rings is 1. The second kappa shape index (κ2) is 4.63. The van der Waals surface area contributed by atoms with Gasteiger partial charge in [0.25, 0.3) is 0 Å². The molecule has 94 valence electrons. The van der Waals surface area contributed by atoms with Gasteiger partial charge in [0, 0.05) is 12.6 Å². The van der Waals surface area contributed by atoms with Crippen molar-refractivity contribution in [3.05, 3.63) is 0 Å². The fraction of sp³-hybridized carbons (Fsp3) is 0.800. The molecule has 2 aliphatic rings. The average Bonchev–Trinajstić information content (AvgIpc) is 2.62. The topological polar surface area (TPSA) is 87.5 Å². The zero-order chi connectivity index (χ0) is 12.5. The number of rotatable bonds is 2. The van der Waals surface area contributed by atoms with E-state index < -0.39 is 9.84 Å². The molecule has 1 amide bonds. The summed E-state index contributed by atoms with van der Waals surface area (Å²) in [4.78, 5) is 13.2. The van der Waals surface area contributed by atoms with E-state index in [0.29, 0.717) is 13.0 Å². The fourth-order valence-corrected chi connectivity index (χ4v) is 3.98. The Morgan fingerprint density at radius 1 is 1.53 bits per heavy atom. The third-order valence-corrected chi connectivity index (χ3v) is 4.88. The Bertz CT molecular complexity index is 453. The maximum absolute atomic E-state index is 11.7. The first kappa shape index (κ1) is 12.3. The predicted octanol–water partition coefficient (Wildman–Crippen LogP) is -0.685. The van der Waals surface area contributed by atoms with Crippen molar-refractivity contribution in [2.24, 2.45) is 0 Å². The molecule has 0 aromatic heterocycles. The van der Waals surface area contributed by atoms with Crippen LogP contribution in [0.15, 0.2) is 0 Å². The number of nitriles is 1. The highest BCUT2D eigenvalue weighted by atomic mass is 32.2. The lowest BCUT2D eigenvalue weighted by atomic mass is 10.1. The smallest absolute Gasteiger partial charge is 0.248 e. The van der Waals surface area contributed by atoms with E-state index in [9.17, 15) is 13.2 Å². The minimum Gasteiger partial charge on any atom is -0.365 e. The van der Waals surface area contributed by atoms with Gasteiger partial charge < -0.3 is 9.64 Å². The minimum atomic E-state index is -3.00. The molecule has 0 aromatic rings. The van der Waals surface area contributed by atoms with Gasteiger partial charge >= 0.3 is 0 Å². The standard InChI is InChI=1S/C10H14N2O4S/c11-3-1-9-5-12(10(13)6-16-9)8-2-4-17(14,15)7-8/h8-9H,1-2,4-7H2. The minimum absolute atomic E-state index is 0.0397. The summed E-state index contributed by atoms with van der Waals surface area (Å²) in [7, 11) is -3.00. The predicted molar refractivity (Wildman–Crippen MR) is 58.7 cm³/mol. The summed E-state index contributed by atoms with van der Waals surface area (Å²) in [6.45, 7) is 0.273. The van der Waals surface area contributed by atoms with Crippen LogP contribution in [0.1, 0.15) is 12.8 Å². The molecule has 2 aliphatic heterocycles. The van der Waals surface area contributed by atoms with Crippen LogP contribution in [0.5, 0.6) is 0 Å². The molecule has 0 aliphatic carbocycles. The van der Waals surface area contributed by atoms with Crippen LogP contribution in [0.25, 0.3) is 0 Å². The van der Waals surface area contributed by atoms with Crippen LogP contribution in [0.3, 0.4) is 0 Å². The molecular weight excluding hydrogens is 244 g/mol. The molecule has 17 heavy (non-hydrogen) atoms. The van der Waals surface area contributed by atoms with Gasteiger partial charge in [0.15, 0.2) is 9.84 Å². The highest BCUT2D eigenvalue weighted by Gasteiger charge is 2.37. The summed E-state index contributed by atoms with van der Waals surface area (Å²) in [6.07, 6.45) is 0.428. The number of hydrogen-bond acceptors (Lipinski definition) is 5. The van der Waals surface area contributed by atoms with Gasteiger partial charge in [-0.1, -0.05) is 0 Å². The molecule has 2 rings (SSSR count). The van der Waals surface area contributed by atoms with Gasteiger partial charge in [0.05, 0.1) is 30.1 Å². The van der Waals surface area contributed by atoms with E-state index in [0.717, 1.165) is 0 Å². The largest absolute Gasteiger partial charge is 0.365 e. The summed E-state index contributed by atoms with van der Waals surface area (Å²) < 4.78 is 28.0. The van der Waals surface area contributed by atoms with E-state index in [1.165, 1.54) is 0 Å². The van der Waals surface area contributed by atoms with Crippen molar-refractivity contribution in [1.29, 1.82) is 5.26 Å². The monoisotopic (exact) mass is 258 g/mol. The first-order valence-corrected chi connectivity index (χ1v) is 7.32. The lowest BCUT2D eigenvalue weighted by Crippen LogP contribution is -2.51. The van der Waals surface area contributed by atoms with Crippen LogP contribution in [-0.2, 0) is 19.4 Å². The van der Waals surface area contributed by atoms with E-state index in [1.807, 2.05) is 6.07 Å². The van der Waals surface area contributed by atoms with E-state index in [2.05, 4.69) is 0 Å². The van der Waals surface area contributed by atoms with Gasteiger partial charge in [-0.3, -0.25) is 4.79 Å². The van der Waals surface area contributed by atoms with E-state index in [4.69, 9.17) is 10.00 Å². The van der Waals surface area contributed by atoms with Crippen molar-refractivity contribution in [2.45, 2.75) is 25.0 Å². The van der Waals surface area contributed by atoms with Crippen molar-refractivity contribution < 1.29 is 17.9 Å². The number of nitrogens with zero attached hydrogens (tertiary/aromatic N) is 2. The number of carbonyl (C=O) groups excluding carboxylic acids is 1. The second-order valence-electron chi connectivity index (χ2n) is 4.40. The summed E-state index contributed by atoms with van der Waals surface area (Å²) in [5.74, 6) is 0.00440. The molecule has 7 heteroatoms. The van der Waals surface area contributed by atoms with Crippen molar-refractivity contribution in [3.63, 3.8) is 0 Å². The van der Waals surface area contributed by atoms with Gasteiger partial charge in [-0.05, 0) is 6.42 Å². The maximum atomic E-state index is 11.7. The Kier molecular flexibility index (Phi) is 3.35. The molecule has 0 spiro atoms. The molecule has 6 nitrogen and oxygen atoms in total. The van der Waals surface area contributed by atoms with Crippen LogP contribution < -0.4 is 0 Å². The Balaban J connectivity index is 2.04. The Labute approximate surface area is 100 Å². The van der Waals surface area contributed by atoms with Crippen LogP contribution in [0.2, 0.25) is 0 Å². The first-order valence-electron chi connectivity index (χ1n) is 5.50. The highest BCUT2D eigenvalue weighted by Crippen LogP contribution is 2.21. The van der Waals surface area contributed by atoms with Crippen molar-refractivity contribution in [1.82, 2.24) is 4.90 Å². The molecule has 2 fully saturated rings. The first-order chi connectivity index (χ1) is 8.02. The molecule has 0 N–H and O–H groups in total. The van der Waals surface area contributed by atoms with Crippen molar-refractivity contribution in [3.8, 4) is 6.07 Å². The molecule has 0 radical (unpaired) electrons. The third-order valence-electron chi connectivity index (χ3n) is 3.13. The fourth-order valence-electron chi connectivity index (χ4n) is 2.25.